The number of rotatable bonds is 6. The first-order valence-corrected chi connectivity index (χ1v) is 5.66. The lowest BCUT2D eigenvalue weighted by Gasteiger charge is -2.11. The number of aliphatic hydroxyl groups is 1. The van der Waals surface area contributed by atoms with Crippen molar-refractivity contribution in [2.24, 2.45) is 0 Å². The Hall–Kier alpha value is -0.860. The molecule has 0 amide bonds. The summed E-state index contributed by atoms with van der Waals surface area (Å²) in [5.41, 5.74) is 2.46. The first-order valence-electron chi connectivity index (χ1n) is 5.66. The van der Waals surface area contributed by atoms with Crippen LogP contribution in [0, 0.1) is 6.92 Å². The van der Waals surface area contributed by atoms with Gasteiger partial charge in [0.15, 0.2) is 0 Å². The first kappa shape index (κ1) is 12.2. The van der Waals surface area contributed by atoms with Crippen LogP contribution in [0.1, 0.15) is 24.5 Å². The van der Waals surface area contributed by atoms with Crippen LogP contribution >= 0.6 is 0 Å². The third kappa shape index (κ3) is 4.96. The molecule has 84 valence electrons. The summed E-state index contributed by atoms with van der Waals surface area (Å²) in [6.45, 7) is 5.86. The van der Waals surface area contributed by atoms with Gasteiger partial charge in [-0.3, -0.25) is 0 Å². The van der Waals surface area contributed by atoms with Crippen molar-refractivity contribution in [3.63, 3.8) is 0 Å². The van der Waals surface area contributed by atoms with E-state index in [0.29, 0.717) is 6.54 Å². The van der Waals surface area contributed by atoms with Gasteiger partial charge in [-0.05, 0) is 31.9 Å². The fourth-order valence-electron chi connectivity index (χ4n) is 1.51. The number of aliphatic hydroxyl groups excluding tert-OH is 1. The Labute approximate surface area is 92.3 Å². The Kier molecular flexibility index (Phi) is 5.37. The van der Waals surface area contributed by atoms with Gasteiger partial charge in [-0.15, -0.1) is 0 Å². The molecule has 2 N–H and O–H groups in total. The molecule has 0 aliphatic heterocycles. The quantitative estimate of drug-likeness (QED) is 0.698. The smallest absolute Gasteiger partial charge is 0.0704 e. The number of hydrogen-bond donors (Lipinski definition) is 2. The van der Waals surface area contributed by atoms with E-state index < -0.39 is 0 Å². The minimum Gasteiger partial charge on any atom is -0.391 e. The molecule has 0 saturated carbocycles. The molecule has 0 fully saturated rings. The largest absolute Gasteiger partial charge is 0.391 e. The topological polar surface area (TPSA) is 32.3 Å². The van der Waals surface area contributed by atoms with E-state index in [1.165, 1.54) is 11.1 Å². The second kappa shape index (κ2) is 6.59. The van der Waals surface area contributed by atoms with Gasteiger partial charge >= 0.3 is 0 Å². The van der Waals surface area contributed by atoms with E-state index in [1.807, 2.05) is 0 Å². The van der Waals surface area contributed by atoms with Gasteiger partial charge in [-0.1, -0.05) is 36.8 Å². The highest BCUT2D eigenvalue weighted by Crippen LogP contribution is 2.05. The molecule has 15 heavy (non-hydrogen) atoms. The van der Waals surface area contributed by atoms with Crippen LogP contribution in [0.2, 0.25) is 0 Å². The summed E-state index contributed by atoms with van der Waals surface area (Å²) >= 11 is 0. The van der Waals surface area contributed by atoms with Gasteiger partial charge in [0.2, 0.25) is 0 Å². The van der Waals surface area contributed by atoms with Gasteiger partial charge < -0.3 is 10.4 Å². The summed E-state index contributed by atoms with van der Waals surface area (Å²) in [6, 6.07) is 8.33. The lowest BCUT2D eigenvalue weighted by atomic mass is 10.1. The lowest BCUT2D eigenvalue weighted by molar-refractivity contribution is 0.172. The van der Waals surface area contributed by atoms with Crippen LogP contribution in [0.4, 0.5) is 0 Å². The molecule has 1 aromatic carbocycles. The molecule has 0 heterocycles. The van der Waals surface area contributed by atoms with Crippen molar-refractivity contribution in [1.29, 1.82) is 0 Å². The fourth-order valence-corrected chi connectivity index (χ4v) is 1.51. The van der Waals surface area contributed by atoms with Crippen molar-refractivity contribution < 1.29 is 5.11 Å². The van der Waals surface area contributed by atoms with Crippen molar-refractivity contribution in [3.05, 3.63) is 35.4 Å². The van der Waals surface area contributed by atoms with Crippen LogP contribution in [-0.2, 0) is 6.42 Å². The molecule has 1 aromatic rings. The molecule has 0 radical (unpaired) electrons. The number of nitrogens with one attached hydrogen (secondary N) is 1. The van der Waals surface area contributed by atoms with Crippen molar-refractivity contribution in [3.8, 4) is 0 Å². The average molecular weight is 207 g/mol. The van der Waals surface area contributed by atoms with Gasteiger partial charge in [0.1, 0.15) is 0 Å². The monoisotopic (exact) mass is 207 g/mol. The van der Waals surface area contributed by atoms with Gasteiger partial charge in [-0.2, -0.15) is 0 Å². The molecule has 0 bridgehead atoms. The van der Waals surface area contributed by atoms with Crippen LogP contribution < -0.4 is 5.32 Å². The summed E-state index contributed by atoms with van der Waals surface area (Å²) in [7, 11) is 0. The molecule has 2 heteroatoms. The second-order valence-corrected chi connectivity index (χ2v) is 4.05. The zero-order valence-corrected chi connectivity index (χ0v) is 9.66. The van der Waals surface area contributed by atoms with E-state index >= 15 is 0 Å². The van der Waals surface area contributed by atoms with E-state index in [4.69, 9.17) is 0 Å². The molecule has 2 nitrogen and oxygen atoms in total. The maximum Gasteiger partial charge on any atom is 0.0704 e. The van der Waals surface area contributed by atoms with Crippen LogP contribution in [0.5, 0.6) is 0 Å². The van der Waals surface area contributed by atoms with E-state index in [2.05, 4.69) is 43.4 Å². The molecule has 0 aliphatic rings. The van der Waals surface area contributed by atoms with Crippen molar-refractivity contribution >= 4 is 0 Å². The minimum absolute atomic E-state index is 0.278. The zero-order valence-electron chi connectivity index (χ0n) is 9.66. The molecule has 0 spiro atoms. The maximum atomic E-state index is 9.74. The predicted molar refractivity (Wildman–Crippen MR) is 64.1 cm³/mol. The molecule has 0 aliphatic carbocycles. The molecule has 0 saturated heterocycles. The molecule has 1 rings (SSSR count). The average Bonchev–Trinajstić information content (AvgIpc) is 2.22. The molecule has 1 unspecified atom stereocenters. The van der Waals surface area contributed by atoms with Crippen LogP contribution in [0.15, 0.2) is 24.3 Å². The van der Waals surface area contributed by atoms with E-state index in [0.717, 1.165) is 19.4 Å². The molecule has 1 atom stereocenters. The summed E-state index contributed by atoms with van der Waals surface area (Å²) in [6.07, 6.45) is 1.56. The van der Waals surface area contributed by atoms with Crippen molar-refractivity contribution in [1.82, 2.24) is 5.32 Å². The fraction of sp³-hybridized carbons (Fsp3) is 0.538. The zero-order chi connectivity index (χ0) is 11.1. The Morgan fingerprint density at radius 1 is 1.27 bits per heavy atom. The van der Waals surface area contributed by atoms with Gasteiger partial charge in [0.25, 0.3) is 0 Å². The van der Waals surface area contributed by atoms with Gasteiger partial charge in [0, 0.05) is 6.54 Å². The minimum atomic E-state index is -0.278. The highest BCUT2D eigenvalue weighted by Gasteiger charge is 2.04. The normalized spacial score (nSPS) is 12.7. The van der Waals surface area contributed by atoms with Crippen LogP contribution in [0.3, 0.4) is 0 Å². The summed E-state index contributed by atoms with van der Waals surface area (Å²) in [4.78, 5) is 0. The number of hydrogen-bond acceptors (Lipinski definition) is 2. The number of aryl methyl sites for hydroxylation is 1. The van der Waals surface area contributed by atoms with Gasteiger partial charge in [-0.25, -0.2) is 0 Å². The van der Waals surface area contributed by atoms with Crippen LogP contribution in [0.25, 0.3) is 0 Å². The highest BCUT2D eigenvalue weighted by molar-refractivity contribution is 5.21. The SMILES string of the molecule is CCCNCC(O)Cc1ccc(C)cc1. The third-order valence-electron chi connectivity index (χ3n) is 2.40. The third-order valence-corrected chi connectivity index (χ3v) is 2.40. The van der Waals surface area contributed by atoms with Crippen molar-refractivity contribution in [2.45, 2.75) is 32.8 Å². The standard InChI is InChI=1S/C13H21NO/c1-3-8-14-10-13(15)9-12-6-4-11(2)5-7-12/h4-7,13-15H,3,8-10H2,1-2H3. The highest BCUT2D eigenvalue weighted by atomic mass is 16.3. The Balaban J connectivity index is 2.31. The predicted octanol–water partition coefficient (Wildman–Crippen LogP) is 1.90. The molecular formula is C13H21NO. The van der Waals surface area contributed by atoms with Crippen LogP contribution in [-0.4, -0.2) is 24.3 Å². The summed E-state index contributed by atoms with van der Waals surface area (Å²) in [5, 5.41) is 13.0. The number of benzene rings is 1. The van der Waals surface area contributed by atoms with Crippen molar-refractivity contribution in [2.75, 3.05) is 13.1 Å². The van der Waals surface area contributed by atoms with Gasteiger partial charge in [0.05, 0.1) is 6.10 Å². The second-order valence-electron chi connectivity index (χ2n) is 4.05. The van der Waals surface area contributed by atoms with E-state index in [9.17, 15) is 5.11 Å². The Morgan fingerprint density at radius 3 is 2.53 bits per heavy atom. The maximum absolute atomic E-state index is 9.74. The summed E-state index contributed by atoms with van der Waals surface area (Å²) < 4.78 is 0. The lowest BCUT2D eigenvalue weighted by Crippen LogP contribution is -2.28. The first-order chi connectivity index (χ1) is 7.22. The molecular weight excluding hydrogens is 186 g/mol. The molecule has 0 aromatic heterocycles. The van der Waals surface area contributed by atoms with E-state index in [1.54, 1.807) is 0 Å². The summed E-state index contributed by atoms with van der Waals surface area (Å²) in [5.74, 6) is 0. The van der Waals surface area contributed by atoms with E-state index in [-0.39, 0.29) is 6.10 Å². The Bertz CT molecular complexity index is 268. The Morgan fingerprint density at radius 2 is 1.93 bits per heavy atom.